The number of piperazine rings is 1. The molecule has 3 heteroatoms. The summed E-state index contributed by atoms with van der Waals surface area (Å²) in [5.74, 6) is 0.671. The zero-order valence-corrected chi connectivity index (χ0v) is 9.58. The van der Waals surface area contributed by atoms with E-state index in [4.69, 9.17) is 11.6 Å². The highest BCUT2D eigenvalue weighted by Crippen LogP contribution is 2.21. The van der Waals surface area contributed by atoms with Gasteiger partial charge in [-0.05, 0) is 5.56 Å². The van der Waals surface area contributed by atoms with Crippen molar-refractivity contribution in [1.29, 1.82) is 0 Å². The van der Waals surface area contributed by atoms with Crippen LogP contribution in [-0.4, -0.2) is 37.0 Å². The molecule has 2 rings (SSSR count). The Labute approximate surface area is 96.2 Å². The Hall–Kier alpha value is -0.570. The molecule has 2 nitrogen and oxygen atoms in total. The van der Waals surface area contributed by atoms with Crippen molar-refractivity contribution in [3.8, 4) is 0 Å². The van der Waals surface area contributed by atoms with Crippen molar-refractivity contribution < 1.29 is 0 Å². The van der Waals surface area contributed by atoms with Crippen LogP contribution >= 0.6 is 11.6 Å². The van der Waals surface area contributed by atoms with Crippen LogP contribution in [0.15, 0.2) is 30.3 Å². The standard InChI is InChI=1S/C12H17ClN2/c13-10-12(11-4-2-1-3-5-11)15-8-6-14-7-9-15/h1-5,12,14H,6-10H2. The molecule has 1 aliphatic heterocycles. The summed E-state index contributed by atoms with van der Waals surface area (Å²) in [5.41, 5.74) is 1.33. The number of rotatable bonds is 3. The fourth-order valence-corrected chi connectivity index (χ4v) is 2.44. The lowest BCUT2D eigenvalue weighted by Crippen LogP contribution is -2.45. The second-order valence-corrected chi connectivity index (χ2v) is 4.18. The van der Waals surface area contributed by atoms with E-state index in [-0.39, 0.29) is 0 Å². The number of halogens is 1. The molecule has 1 saturated heterocycles. The molecule has 1 N–H and O–H groups in total. The maximum Gasteiger partial charge on any atom is 0.0484 e. The highest BCUT2D eigenvalue weighted by atomic mass is 35.5. The first-order chi connectivity index (χ1) is 7.42. The van der Waals surface area contributed by atoms with E-state index < -0.39 is 0 Å². The minimum atomic E-state index is 0.370. The Bertz CT molecular complexity index is 283. The third-order valence-corrected chi connectivity index (χ3v) is 3.22. The molecule has 1 atom stereocenters. The summed E-state index contributed by atoms with van der Waals surface area (Å²) in [6, 6.07) is 10.9. The van der Waals surface area contributed by atoms with Gasteiger partial charge in [-0.2, -0.15) is 0 Å². The minimum Gasteiger partial charge on any atom is -0.314 e. The molecule has 1 heterocycles. The Morgan fingerprint density at radius 1 is 1.20 bits per heavy atom. The van der Waals surface area contributed by atoms with E-state index in [0.29, 0.717) is 11.9 Å². The summed E-state index contributed by atoms with van der Waals surface area (Å²) in [6.07, 6.45) is 0. The topological polar surface area (TPSA) is 15.3 Å². The van der Waals surface area contributed by atoms with E-state index in [9.17, 15) is 0 Å². The molecule has 0 amide bonds. The molecule has 1 aliphatic rings. The van der Waals surface area contributed by atoms with E-state index >= 15 is 0 Å². The van der Waals surface area contributed by atoms with Crippen molar-refractivity contribution in [2.75, 3.05) is 32.1 Å². The van der Waals surface area contributed by atoms with Crippen molar-refractivity contribution in [3.05, 3.63) is 35.9 Å². The fraction of sp³-hybridized carbons (Fsp3) is 0.500. The first kappa shape index (κ1) is 10.9. The number of benzene rings is 1. The summed E-state index contributed by atoms with van der Waals surface area (Å²) < 4.78 is 0. The summed E-state index contributed by atoms with van der Waals surface area (Å²) in [5, 5.41) is 3.36. The first-order valence-electron chi connectivity index (χ1n) is 5.47. The average molecular weight is 225 g/mol. The molecule has 15 heavy (non-hydrogen) atoms. The van der Waals surface area contributed by atoms with Crippen molar-refractivity contribution >= 4 is 11.6 Å². The van der Waals surface area contributed by atoms with Crippen LogP contribution in [0.1, 0.15) is 11.6 Å². The molecule has 0 bridgehead atoms. The van der Waals surface area contributed by atoms with Crippen LogP contribution in [-0.2, 0) is 0 Å². The quantitative estimate of drug-likeness (QED) is 0.789. The van der Waals surface area contributed by atoms with Crippen molar-refractivity contribution in [1.82, 2.24) is 10.2 Å². The Morgan fingerprint density at radius 2 is 1.87 bits per heavy atom. The van der Waals surface area contributed by atoms with Crippen molar-refractivity contribution in [2.45, 2.75) is 6.04 Å². The van der Waals surface area contributed by atoms with Gasteiger partial charge in [-0.25, -0.2) is 0 Å². The molecule has 1 fully saturated rings. The van der Waals surface area contributed by atoms with Crippen LogP contribution in [0.25, 0.3) is 0 Å². The molecule has 0 radical (unpaired) electrons. The molecule has 0 aromatic heterocycles. The number of alkyl halides is 1. The first-order valence-corrected chi connectivity index (χ1v) is 6.01. The lowest BCUT2D eigenvalue weighted by molar-refractivity contribution is 0.187. The van der Waals surface area contributed by atoms with Gasteiger partial charge in [-0.1, -0.05) is 30.3 Å². The zero-order valence-electron chi connectivity index (χ0n) is 8.82. The zero-order chi connectivity index (χ0) is 10.5. The molecule has 82 valence electrons. The van der Waals surface area contributed by atoms with Crippen LogP contribution in [0.4, 0.5) is 0 Å². The van der Waals surface area contributed by atoms with Crippen LogP contribution in [0.3, 0.4) is 0 Å². The largest absolute Gasteiger partial charge is 0.314 e. The second-order valence-electron chi connectivity index (χ2n) is 3.87. The highest BCUT2D eigenvalue weighted by Gasteiger charge is 2.20. The lowest BCUT2D eigenvalue weighted by Gasteiger charge is -2.34. The van der Waals surface area contributed by atoms with Crippen LogP contribution in [0.5, 0.6) is 0 Å². The van der Waals surface area contributed by atoms with Gasteiger partial charge in [-0.15, -0.1) is 11.6 Å². The third-order valence-electron chi connectivity index (χ3n) is 2.92. The summed E-state index contributed by atoms with van der Waals surface area (Å²) in [6.45, 7) is 4.32. The van der Waals surface area contributed by atoms with Gasteiger partial charge in [0.15, 0.2) is 0 Å². The average Bonchev–Trinajstić information content (AvgIpc) is 2.33. The SMILES string of the molecule is ClCC(c1ccccc1)N1CCNCC1. The Balaban J connectivity index is 2.09. The summed E-state index contributed by atoms with van der Waals surface area (Å²) in [7, 11) is 0. The normalized spacial score (nSPS) is 20.1. The predicted octanol–water partition coefficient (Wildman–Crippen LogP) is 1.87. The maximum absolute atomic E-state index is 6.07. The van der Waals surface area contributed by atoms with E-state index in [2.05, 4.69) is 34.5 Å². The molecule has 0 aliphatic carbocycles. The van der Waals surface area contributed by atoms with Gasteiger partial charge in [0.2, 0.25) is 0 Å². The Kier molecular flexibility index (Phi) is 4.01. The van der Waals surface area contributed by atoms with Gasteiger partial charge in [0.05, 0.1) is 0 Å². The number of nitrogens with zero attached hydrogens (tertiary/aromatic N) is 1. The minimum absolute atomic E-state index is 0.370. The number of hydrogen-bond acceptors (Lipinski definition) is 2. The fourth-order valence-electron chi connectivity index (χ4n) is 2.07. The van der Waals surface area contributed by atoms with Crippen LogP contribution < -0.4 is 5.32 Å². The predicted molar refractivity (Wildman–Crippen MR) is 64.3 cm³/mol. The third kappa shape index (κ3) is 2.71. The van der Waals surface area contributed by atoms with Crippen LogP contribution in [0, 0.1) is 0 Å². The highest BCUT2D eigenvalue weighted by molar-refractivity contribution is 6.18. The van der Waals surface area contributed by atoms with E-state index in [1.54, 1.807) is 0 Å². The van der Waals surface area contributed by atoms with E-state index in [1.165, 1.54) is 5.56 Å². The molecule has 1 aromatic rings. The molecule has 1 unspecified atom stereocenters. The van der Waals surface area contributed by atoms with Gasteiger partial charge >= 0.3 is 0 Å². The van der Waals surface area contributed by atoms with Crippen molar-refractivity contribution in [2.24, 2.45) is 0 Å². The van der Waals surface area contributed by atoms with Gasteiger partial charge in [-0.3, -0.25) is 4.90 Å². The van der Waals surface area contributed by atoms with Gasteiger partial charge in [0.25, 0.3) is 0 Å². The second kappa shape index (κ2) is 5.50. The molecule has 0 spiro atoms. The van der Waals surface area contributed by atoms with Gasteiger partial charge < -0.3 is 5.32 Å². The summed E-state index contributed by atoms with van der Waals surface area (Å²) in [4.78, 5) is 2.46. The van der Waals surface area contributed by atoms with Gasteiger partial charge in [0, 0.05) is 38.1 Å². The molecular weight excluding hydrogens is 208 g/mol. The Morgan fingerprint density at radius 3 is 2.47 bits per heavy atom. The van der Waals surface area contributed by atoms with E-state index in [1.807, 2.05) is 6.07 Å². The molecular formula is C12H17ClN2. The summed E-state index contributed by atoms with van der Waals surface area (Å²) >= 11 is 6.07. The van der Waals surface area contributed by atoms with Crippen LogP contribution in [0.2, 0.25) is 0 Å². The van der Waals surface area contributed by atoms with E-state index in [0.717, 1.165) is 26.2 Å². The molecule has 0 saturated carbocycles. The number of hydrogen-bond donors (Lipinski definition) is 1. The monoisotopic (exact) mass is 224 g/mol. The number of nitrogens with one attached hydrogen (secondary N) is 1. The lowest BCUT2D eigenvalue weighted by atomic mass is 10.1. The molecule has 1 aromatic carbocycles. The maximum atomic E-state index is 6.07. The van der Waals surface area contributed by atoms with Gasteiger partial charge in [0.1, 0.15) is 0 Å². The smallest absolute Gasteiger partial charge is 0.0484 e. The van der Waals surface area contributed by atoms with Crippen molar-refractivity contribution in [3.63, 3.8) is 0 Å².